The normalized spacial score (nSPS) is 13.4. The van der Waals surface area contributed by atoms with Crippen molar-refractivity contribution in [3.63, 3.8) is 0 Å². The monoisotopic (exact) mass is 399 g/mol. The molecule has 0 aliphatic carbocycles. The van der Waals surface area contributed by atoms with E-state index in [0.717, 1.165) is 12.1 Å². The molecule has 1 heterocycles. The van der Waals surface area contributed by atoms with Gasteiger partial charge in [-0.2, -0.15) is 13.2 Å². The minimum absolute atomic E-state index is 0.00298. The number of hydrogen-bond donors (Lipinski definition) is 1. The summed E-state index contributed by atoms with van der Waals surface area (Å²) in [5, 5.41) is 11.5. The minimum Gasteiger partial charge on any atom is -0.481 e. The Balaban J connectivity index is 2.07. The van der Waals surface area contributed by atoms with Gasteiger partial charge in [-0.3, -0.25) is 9.59 Å². The molecule has 0 radical (unpaired) electrons. The predicted molar refractivity (Wildman–Crippen MR) is 96.5 cm³/mol. The lowest BCUT2D eigenvalue weighted by atomic mass is 9.77. The SMILES string of the molecule is CC(C)(C)[C@H](CC(=O)Cc1csc(-c2ccc(C(F)(F)F)cc2)n1)C(=O)O. The van der Waals surface area contributed by atoms with Crippen LogP contribution in [0, 0.1) is 11.3 Å². The minimum atomic E-state index is -4.40. The van der Waals surface area contributed by atoms with E-state index in [-0.39, 0.29) is 18.6 Å². The first-order valence-corrected chi connectivity index (χ1v) is 9.12. The molecule has 1 aromatic carbocycles. The molecule has 0 spiro atoms. The van der Waals surface area contributed by atoms with Crippen LogP contribution in [0.15, 0.2) is 29.6 Å². The molecular weight excluding hydrogens is 379 g/mol. The van der Waals surface area contributed by atoms with E-state index < -0.39 is 29.0 Å². The summed E-state index contributed by atoms with van der Waals surface area (Å²) in [7, 11) is 0. The maximum absolute atomic E-state index is 12.6. The molecule has 0 amide bonds. The maximum Gasteiger partial charge on any atom is 0.416 e. The van der Waals surface area contributed by atoms with Crippen molar-refractivity contribution >= 4 is 23.1 Å². The molecule has 2 rings (SSSR count). The summed E-state index contributed by atoms with van der Waals surface area (Å²) in [6.07, 6.45) is -4.49. The number of halogens is 3. The molecule has 146 valence electrons. The lowest BCUT2D eigenvalue weighted by molar-refractivity contribution is -0.147. The summed E-state index contributed by atoms with van der Waals surface area (Å²) < 4.78 is 37.9. The molecule has 1 atom stereocenters. The van der Waals surface area contributed by atoms with Gasteiger partial charge in [-0.1, -0.05) is 32.9 Å². The first-order valence-electron chi connectivity index (χ1n) is 8.24. The Hall–Kier alpha value is -2.22. The molecule has 1 aromatic heterocycles. The van der Waals surface area contributed by atoms with Crippen LogP contribution in [0.1, 0.15) is 38.4 Å². The molecule has 0 aliphatic rings. The number of carbonyl (C=O) groups excluding carboxylic acids is 1. The summed E-state index contributed by atoms with van der Waals surface area (Å²) >= 11 is 1.23. The number of benzene rings is 1. The molecule has 0 fully saturated rings. The number of alkyl halides is 3. The van der Waals surface area contributed by atoms with Crippen LogP contribution in [0.3, 0.4) is 0 Å². The number of carbonyl (C=O) groups is 2. The van der Waals surface area contributed by atoms with Crippen LogP contribution in [0.25, 0.3) is 10.6 Å². The largest absolute Gasteiger partial charge is 0.481 e. The number of nitrogens with zero attached hydrogens (tertiary/aromatic N) is 1. The third kappa shape index (κ3) is 5.63. The highest BCUT2D eigenvalue weighted by atomic mass is 32.1. The molecule has 27 heavy (non-hydrogen) atoms. The van der Waals surface area contributed by atoms with E-state index in [1.54, 1.807) is 26.2 Å². The number of carboxylic acid groups (broad SMARTS) is 1. The Bertz CT molecular complexity index is 820. The summed E-state index contributed by atoms with van der Waals surface area (Å²) in [6.45, 7) is 5.31. The zero-order chi connectivity index (χ0) is 20.4. The number of aromatic nitrogens is 1. The van der Waals surface area contributed by atoms with Gasteiger partial charge < -0.3 is 5.11 Å². The number of thiazole rings is 1. The van der Waals surface area contributed by atoms with Crippen molar-refractivity contribution in [2.75, 3.05) is 0 Å². The topological polar surface area (TPSA) is 67.3 Å². The van der Waals surface area contributed by atoms with E-state index in [2.05, 4.69) is 4.98 Å². The van der Waals surface area contributed by atoms with Crippen LogP contribution in [0.2, 0.25) is 0 Å². The summed E-state index contributed by atoms with van der Waals surface area (Å²) in [4.78, 5) is 27.9. The molecule has 4 nitrogen and oxygen atoms in total. The van der Waals surface area contributed by atoms with Crippen LogP contribution >= 0.6 is 11.3 Å². The van der Waals surface area contributed by atoms with Gasteiger partial charge in [-0.25, -0.2) is 4.98 Å². The number of Topliss-reactive ketones (excluding diaryl/α,β-unsaturated/α-hetero) is 1. The molecule has 1 N–H and O–H groups in total. The van der Waals surface area contributed by atoms with E-state index in [9.17, 15) is 27.9 Å². The second kappa shape index (κ2) is 7.80. The van der Waals surface area contributed by atoms with Gasteiger partial charge in [0.1, 0.15) is 10.8 Å². The lowest BCUT2D eigenvalue weighted by Gasteiger charge is -2.26. The van der Waals surface area contributed by atoms with Gasteiger partial charge in [0.15, 0.2) is 0 Å². The van der Waals surface area contributed by atoms with Gasteiger partial charge in [-0.05, 0) is 17.5 Å². The van der Waals surface area contributed by atoms with Crippen molar-refractivity contribution in [1.29, 1.82) is 0 Å². The highest BCUT2D eigenvalue weighted by Gasteiger charge is 2.33. The summed E-state index contributed by atoms with van der Waals surface area (Å²) in [5.41, 5.74) is -0.266. The highest BCUT2D eigenvalue weighted by molar-refractivity contribution is 7.13. The number of hydrogen-bond acceptors (Lipinski definition) is 4. The average molecular weight is 399 g/mol. The summed E-state index contributed by atoms with van der Waals surface area (Å²) in [5.74, 6) is -2.04. The Kier molecular flexibility index (Phi) is 6.09. The van der Waals surface area contributed by atoms with Crippen LogP contribution in [0.4, 0.5) is 13.2 Å². The molecule has 0 unspecified atom stereocenters. The van der Waals surface area contributed by atoms with E-state index in [1.807, 2.05) is 0 Å². The van der Waals surface area contributed by atoms with Crippen LogP contribution in [-0.2, 0) is 22.2 Å². The zero-order valence-corrected chi connectivity index (χ0v) is 15.9. The van der Waals surface area contributed by atoms with Crippen molar-refractivity contribution in [2.24, 2.45) is 11.3 Å². The first-order chi connectivity index (χ1) is 12.4. The molecular formula is C19H20F3NO3S. The number of rotatable bonds is 6. The van der Waals surface area contributed by atoms with Gasteiger partial charge in [0.25, 0.3) is 0 Å². The van der Waals surface area contributed by atoms with Gasteiger partial charge in [0.2, 0.25) is 0 Å². The molecule has 0 saturated heterocycles. The van der Waals surface area contributed by atoms with E-state index in [1.165, 1.54) is 23.5 Å². The fraction of sp³-hybridized carbons (Fsp3) is 0.421. The van der Waals surface area contributed by atoms with Crippen molar-refractivity contribution in [3.8, 4) is 10.6 Å². The van der Waals surface area contributed by atoms with E-state index in [4.69, 9.17) is 0 Å². The quantitative estimate of drug-likeness (QED) is 0.736. The number of carboxylic acids is 1. The molecule has 0 saturated carbocycles. The van der Waals surface area contributed by atoms with Crippen molar-refractivity contribution in [2.45, 2.75) is 39.8 Å². The van der Waals surface area contributed by atoms with Crippen LogP contribution < -0.4 is 0 Å². The predicted octanol–water partition coefficient (Wildman–Crippen LogP) is 5.08. The van der Waals surface area contributed by atoms with Gasteiger partial charge in [-0.15, -0.1) is 11.3 Å². The first kappa shape index (κ1) is 21.1. The molecule has 2 aromatic rings. The average Bonchev–Trinajstić information content (AvgIpc) is 2.99. The fourth-order valence-corrected chi connectivity index (χ4v) is 3.41. The Morgan fingerprint density at radius 2 is 1.74 bits per heavy atom. The third-order valence-corrected chi connectivity index (χ3v) is 5.10. The highest BCUT2D eigenvalue weighted by Crippen LogP contribution is 2.32. The summed E-state index contributed by atoms with van der Waals surface area (Å²) in [6, 6.07) is 4.66. The smallest absolute Gasteiger partial charge is 0.416 e. The van der Waals surface area contributed by atoms with Gasteiger partial charge in [0, 0.05) is 23.8 Å². The Morgan fingerprint density at radius 3 is 2.22 bits per heavy atom. The third-order valence-electron chi connectivity index (χ3n) is 4.16. The van der Waals surface area contributed by atoms with Gasteiger partial charge >= 0.3 is 12.1 Å². The number of ketones is 1. The molecule has 0 bridgehead atoms. The fourth-order valence-electron chi connectivity index (χ4n) is 2.59. The van der Waals surface area contributed by atoms with Crippen molar-refractivity contribution in [3.05, 3.63) is 40.9 Å². The number of aliphatic carboxylic acids is 1. The maximum atomic E-state index is 12.6. The van der Waals surface area contributed by atoms with E-state index in [0.29, 0.717) is 16.3 Å². The second-order valence-electron chi connectivity index (χ2n) is 7.40. The second-order valence-corrected chi connectivity index (χ2v) is 8.25. The van der Waals surface area contributed by atoms with Crippen molar-refractivity contribution in [1.82, 2.24) is 4.98 Å². The molecule has 0 aliphatic heterocycles. The lowest BCUT2D eigenvalue weighted by Crippen LogP contribution is -2.31. The van der Waals surface area contributed by atoms with Crippen LogP contribution in [-0.4, -0.2) is 21.8 Å². The zero-order valence-electron chi connectivity index (χ0n) is 15.1. The standard InChI is InChI=1S/C19H20F3NO3S/c1-18(2,3)15(17(25)26)9-14(24)8-13-10-27-16(23-13)11-4-6-12(7-5-11)19(20,21)22/h4-7,10,15H,8-9H2,1-3H3,(H,25,26)/t15-/m1/s1. The van der Waals surface area contributed by atoms with E-state index >= 15 is 0 Å². The Morgan fingerprint density at radius 1 is 1.15 bits per heavy atom. The molecule has 8 heteroatoms. The van der Waals surface area contributed by atoms with Crippen LogP contribution in [0.5, 0.6) is 0 Å². The van der Waals surface area contributed by atoms with Crippen molar-refractivity contribution < 1.29 is 27.9 Å². The Labute approximate surface area is 159 Å². The van der Waals surface area contributed by atoms with Gasteiger partial charge in [0.05, 0.1) is 17.2 Å².